The number of rotatable bonds is 5. The van der Waals surface area contributed by atoms with E-state index >= 15 is 0 Å². The number of carbonyl (C=O) groups is 2. The summed E-state index contributed by atoms with van der Waals surface area (Å²) < 4.78 is 5.97. The monoisotopic (exact) mass is 366 g/mol. The summed E-state index contributed by atoms with van der Waals surface area (Å²) in [7, 11) is 0. The zero-order valence-electron chi connectivity index (χ0n) is 15.0. The van der Waals surface area contributed by atoms with Crippen LogP contribution in [0.1, 0.15) is 28.9 Å². The summed E-state index contributed by atoms with van der Waals surface area (Å²) >= 11 is 0. The Balaban J connectivity index is 1.23. The molecule has 140 valence electrons. The van der Waals surface area contributed by atoms with E-state index in [4.69, 9.17) is 4.74 Å². The molecule has 2 aromatic rings. The van der Waals surface area contributed by atoms with Crippen molar-refractivity contribution in [2.24, 2.45) is 5.92 Å². The van der Waals surface area contributed by atoms with Crippen molar-refractivity contribution >= 4 is 11.8 Å². The molecule has 0 radical (unpaired) electrons. The average Bonchev–Trinajstić information content (AvgIpc) is 3.10. The van der Waals surface area contributed by atoms with Crippen LogP contribution in [-0.4, -0.2) is 52.0 Å². The first-order valence-corrected chi connectivity index (χ1v) is 9.13. The number of carbonyl (C=O) groups excluding carboxylic acids is 2. The number of hydrogen-bond donors (Lipinski definition) is 1. The van der Waals surface area contributed by atoms with Gasteiger partial charge >= 0.3 is 0 Å². The van der Waals surface area contributed by atoms with Gasteiger partial charge in [-0.1, -0.05) is 6.07 Å². The quantitative estimate of drug-likeness (QED) is 0.865. The fraction of sp³-hybridized carbons (Fsp3) is 0.400. The molecule has 2 fully saturated rings. The van der Waals surface area contributed by atoms with E-state index in [9.17, 15) is 9.59 Å². The van der Waals surface area contributed by atoms with E-state index in [1.165, 1.54) is 0 Å². The third-order valence-corrected chi connectivity index (χ3v) is 5.13. The Bertz CT molecular complexity index is 806. The summed E-state index contributed by atoms with van der Waals surface area (Å²) in [6.07, 6.45) is 6.30. The minimum Gasteiger partial charge on any atom is -0.371 e. The molecule has 27 heavy (non-hydrogen) atoms. The van der Waals surface area contributed by atoms with E-state index in [1.54, 1.807) is 35.6 Å². The zero-order valence-corrected chi connectivity index (χ0v) is 15.0. The Morgan fingerprint density at radius 1 is 1.19 bits per heavy atom. The van der Waals surface area contributed by atoms with Gasteiger partial charge < -0.3 is 15.0 Å². The molecule has 2 aliphatic heterocycles. The maximum Gasteiger partial charge on any atom is 0.272 e. The summed E-state index contributed by atoms with van der Waals surface area (Å²) in [4.78, 5) is 34.4. The lowest BCUT2D eigenvalue weighted by atomic mass is 9.85. The minimum absolute atomic E-state index is 0.0261. The molecule has 2 aliphatic rings. The number of nitrogens with one attached hydrogen (secondary N) is 1. The van der Waals surface area contributed by atoms with E-state index in [0.717, 1.165) is 12.0 Å². The molecular weight excluding hydrogens is 344 g/mol. The lowest BCUT2D eigenvalue weighted by Crippen LogP contribution is -2.63. The second-order valence-electron chi connectivity index (χ2n) is 7.28. The molecule has 0 bridgehead atoms. The van der Waals surface area contributed by atoms with Gasteiger partial charge in [0, 0.05) is 31.6 Å². The Kier molecular flexibility index (Phi) is 4.85. The molecule has 2 aromatic heterocycles. The second-order valence-corrected chi connectivity index (χ2v) is 7.28. The maximum atomic E-state index is 12.4. The molecule has 1 unspecified atom stereocenters. The number of hydrogen-bond acceptors (Lipinski definition) is 5. The fourth-order valence-electron chi connectivity index (χ4n) is 3.77. The van der Waals surface area contributed by atoms with Crippen LogP contribution in [0.25, 0.3) is 0 Å². The van der Waals surface area contributed by atoms with Gasteiger partial charge in [-0.3, -0.25) is 19.6 Å². The second kappa shape index (κ2) is 7.44. The van der Waals surface area contributed by atoms with Crippen molar-refractivity contribution in [3.63, 3.8) is 0 Å². The standard InChI is InChI=1S/C20H22N4O3/c25-18(23-11-15-4-7-21-8-5-15)9-16-10-20(27-12-16)13-24(14-20)19(26)17-3-1-2-6-22-17/h1-8,16H,9-14H2,(H,23,25). The Hall–Kier alpha value is -2.80. The molecule has 2 saturated heterocycles. The van der Waals surface area contributed by atoms with Crippen molar-refractivity contribution in [2.75, 3.05) is 19.7 Å². The number of amides is 2. The number of ether oxygens (including phenoxy) is 1. The molecule has 4 heterocycles. The summed E-state index contributed by atoms with van der Waals surface area (Å²) in [6, 6.07) is 9.09. The molecule has 7 nitrogen and oxygen atoms in total. The van der Waals surface area contributed by atoms with Crippen LogP contribution in [0, 0.1) is 5.92 Å². The van der Waals surface area contributed by atoms with Crippen LogP contribution >= 0.6 is 0 Å². The van der Waals surface area contributed by atoms with Crippen LogP contribution in [0.5, 0.6) is 0 Å². The Morgan fingerprint density at radius 3 is 2.74 bits per heavy atom. The van der Waals surface area contributed by atoms with Gasteiger partial charge in [0.1, 0.15) is 11.3 Å². The zero-order chi connectivity index (χ0) is 18.7. The largest absolute Gasteiger partial charge is 0.371 e. The van der Waals surface area contributed by atoms with Gasteiger partial charge in [-0.2, -0.15) is 0 Å². The number of nitrogens with zero attached hydrogens (tertiary/aromatic N) is 3. The molecule has 1 atom stereocenters. The van der Waals surface area contributed by atoms with Crippen LogP contribution in [0.3, 0.4) is 0 Å². The van der Waals surface area contributed by atoms with E-state index in [2.05, 4.69) is 15.3 Å². The smallest absolute Gasteiger partial charge is 0.272 e. The van der Waals surface area contributed by atoms with Gasteiger partial charge in [0.25, 0.3) is 5.91 Å². The normalized spacial score (nSPS) is 20.3. The highest BCUT2D eigenvalue weighted by atomic mass is 16.5. The number of likely N-dealkylation sites (tertiary alicyclic amines) is 1. The van der Waals surface area contributed by atoms with E-state index in [-0.39, 0.29) is 23.3 Å². The minimum atomic E-state index is -0.291. The van der Waals surface area contributed by atoms with Crippen molar-refractivity contribution in [2.45, 2.75) is 25.0 Å². The molecule has 1 spiro atoms. The van der Waals surface area contributed by atoms with E-state index < -0.39 is 0 Å². The highest BCUT2D eigenvalue weighted by Crippen LogP contribution is 2.39. The van der Waals surface area contributed by atoms with Gasteiger partial charge in [0.2, 0.25) is 5.91 Å². The predicted octanol–water partition coefficient (Wildman–Crippen LogP) is 1.41. The van der Waals surface area contributed by atoms with Gasteiger partial charge in [-0.25, -0.2) is 0 Å². The van der Waals surface area contributed by atoms with Crippen LogP contribution in [0.15, 0.2) is 48.9 Å². The lowest BCUT2D eigenvalue weighted by Gasteiger charge is -2.47. The van der Waals surface area contributed by atoms with E-state index in [0.29, 0.717) is 38.4 Å². The van der Waals surface area contributed by atoms with Crippen molar-refractivity contribution in [1.29, 1.82) is 0 Å². The molecular formula is C20H22N4O3. The molecule has 1 N–H and O–H groups in total. The topological polar surface area (TPSA) is 84.4 Å². The molecule has 0 aliphatic carbocycles. The summed E-state index contributed by atoms with van der Waals surface area (Å²) in [5, 5.41) is 2.94. The Morgan fingerprint density at radius 2 is 2.00 bits per heavy atom. The SMILES string of the molecule is O=C(CC1COC2(C1)CN(C(=O)c1ccccn1)C2)NCc1ccncc1. The van der Waals surface area contributed by atoms with Crippen molar-refractivity contribution in [3.8, 4) is 0 Å². The molecule has 0 saturated carbocycles. The van der Waals surface area contributed by atoms with Gasteiger partial charge in [0.15, 0.2) is 0 Å². The lowest BCUT2D eigenvalue weighted by molar-refractivity contribution is -0.122. The average molecular weight is 366 g/mol. The van der Waals surface area contributed by atoms with Gasteiger partial charge in [0.05, 0.1) is 19.7 Å². The summed E-state index contributed by atoms with van der Waals surface area (Å²) in [5.74, 6) is 0.149. The maximum absolute atomic E-state index is 12.4. The van der Waals surface area contributed by atoms with Crippen LogP contribution in [0.4, 0.5) is 0 Å². The molecule has 0 aromatic carbocycles. The number of pyridine rings is 2. The summed E-state index contributed by atoms with van der Waals surface area (Å²) in [5.41, 5.74) is 1.19. The molecule has 4 rings (SSSR count). The van der Waals surface area contributed by atoms with Gasteiger partial charge in [-0.05, 0) is 42.2 Å². The first kappa shape index (κ1) is 17.6. The highest BCUT2D eigenvalue weighted by molar-refractivity contribution is 5.93. The Labute approximate surface area is 157 Å². The summed E-state index contributed by atoms with van der Waals surface area (Å²) in [6.45, 7) is 2.20. The van der Waals surface area contributed by atoms with Crippen LogP contribution in [-0.2, 0) is 16.1 Å². The van der Waals surface area contributed by atoms with Crippen LogP contribution < -0.4 is 5.32 Å². The highest BCUT2D eigenvalue weighted by Gasteiger charge is 2.51. The van der Waals surface area contributed by atoms with Crippen molar-refractivity contribution in [3.05, 3.63) is 60.2 Å². The van der Waals surface area contributed by atoms with Gasteiger partial charge in [-0.15, -0.1) is 0 Å². The first-order valence-electron chi connectivity index (χ1n) is 9.13. The van der Waals surface area contributed by atoms with Crippen molar-refractivity contribution < 1.29 is 14.3 Å². The first-order chi connectivity index (χ1) is 13.1. The molecule has 7 heteroatoms. The third-order valence-electron chi connectivity index (χ3n) is 5.13. The fourth-order valence-corrected chi connectivity index (χ4v) is 3.77. The third kappa shape index (κ3) is 3.98. The van der Waals surface area contributed by atoms with Crippen molar-refractivity contribution in [1.82, 2.24) is 20.2 Å². The number of aromatic nitrogens is 2. The van der Waals surface area contributed by atoms with Crippen LogP contribution in [0.2, 0.25) is 0 Å². The molecule has 2 amide bonds. The van der Waals surface area contributed by atoms with E-state index in [1.807, 2.05) is 18.2 Å². The predicted molar refractivity (Wildman–Crippen MR) is 97.6 cm³/mol.